The predicted molar refractivity (Wildman–Crippen MR) is 141 cm³/mol. The zero-order valence-electron chi connectivity index (χ0n) is 19.8. The lowest BCUT2D eigenvalue weighted by Crippen LogP contribution is -2.31. The number of aliphatic carboxylic acids is 1. The number of nitrogens with zero attached hydrogens (tertiary/aromatic N) is 5. The molecule has 0 unspecified atom stereocenters. The van der Waals surface area contributed by atoms with Gasteiger partial charge in [0.05, 0.1) is 10.6 Å². The number of thiophene rings is 1. The smallest absolute Gasteiger partial charge is 0.323 e. The summed E-state index contributed by atoms with van der Waals surface area (Å²) in [5, 5.41) is 21.2. The molecule has 0 saturated heterocycles. The molecule has 0 fully saturated rings. The van der Waals surface area contributed by atoms with Crippen molar-refractivity contribution in [1.29, 1.82) is 0 Å². The standard InChI is InChI=1S/C26H20ClN5O4S/c1-15-28-29-26(32(15)25-18(11-12-37-25)23(35)17-8-4-5-9-19(17)27)30(2)24(36)21-13-16-7-3-6-10-20(16)31(21)14-22(33)34/h3-13H,14H2,1-2H3,(H,33,34). The van der Waals surface area contributed by atoms with Gasteiger partial charge >= 0.3 is 5.97 Å². The number of hydrogen-bond acceptors (Lipinski definition) is 6. The number of carbonyl (C=O) groups is 3. The Kier molecular flexibility index (Phi) is 6.36. The minimum Gasteiger partial charge on any atom is -0.480 e. The van der Waals surface area contributed by atoms with Gasteiger partial charge in [0.25, 0.3) is 5.91 Å². The van der Waals surface area contributed by atoms with E-state index < -0.39 is 11.9 Å². The molecule has 0 atom stereocenters. The van der Waals surface area contributed by atoms with E-state index in [0.29, 0.717) is 32.5 Å². The maximum Gasteiger partial charge on any atom is 0.323 e. The predicted octanol–water partition coefficient (Wildman–Crippen LogP) is 4.84. The lowest BCUT2D eigenvalue weighted by atomic mass is 10.1. The Morgan fingerprint density at radius 2 is 1.76 bits per heavy atom. The Morgan fingerprint density at radius 1 is 1.03 bits per heavy atom. The van der Waals surface area contributed by atoms with E-state index in [9.17, 15) is 19.5 Å². The second-order valence-corrected chi connectivity index (χ2v) is 9.57. The van der Waals surface area contributed by atoms with Crippen LogP contribution in [-0.4, -0.2) is 49.1 Å². The van der Waals surface area contributed by atoms with Crippen LogP contribution in [0, 0.1) is 6.92 Å². The SMILES string of the molecule is Cc1nnc(N(C)C(=O)c2cc3ccccc3n2CC(=O)O)n1-c1sccc1C(=O)c1ccccc1Cl. The van der Waals surface area contributed by atoms with E-state index in [4.69, 9.17) is 11.6 Å². The number of para-hydroxylation sites is 1. The van der Waals surface area contributed by atoms with Gasteiger partial charge in [-0.3, -0.25) is 23.9 Å². The van der Waals surface area contributed by atoms with Crippen LogP contribution in [0.1, 0.15) is 32.2 Å². The van der Waals surface area contributed by atoms with Crippen molar-refractivity contribution in [1.82, 2.24) is 19.3 Å². The van der Waals surface area contributed by atoms with Crippen LogP contribution < -0.4 is 4.90 Å². The zero-order chi connectivity index (χ0) is 26.3. The Balaban J connectivity index is 1.57. The van der Waals surface area contributed by atoms with Crippen LogP contribution in [0.3, 0.4) is 0 Å². The summed E-state index contributed by atoms with van der Waals surface area (Å²) >= 11 is 7.58. The molecule has 3 heterocycles. The van der Waals surface area contributed by atoms with Crippen molar-refractivity contribution in [3.8, 4) is 5.00 Å². The number of aryl methyl sites for hydroxylation is 1. The fourth-order valence-corrected chi connectivity index (χ4v) is 5.36. The number of halogens is 1. The van der Waals surface area contributed by atoms with Crippen LogP contribution in [0.25, 0.3) is 15.9 Å². The molecule has 5 rings (SSSR count). The summed E-state index contributed by atoms with van der Waals surface area (Å²) in [6.45, 7) is 1.34. The van der Waals surface area contributed by atoms with Crippen LogP contribution in [0.2, 0.25) is 5.02 Å². The first kappa shape index (κ1) is 24.4. The van der Waals surface area contributed by atoms with E-state index >= 15 is 0 Å². The number of ketones is 1. The summed E-state index contributed by atoms with van der Waals surface area (Å²) in [7, 11) is 1.54. The van der Waals surface area contributed by atoms with Crippen LogP contribution in [0.5, 0.6) is 0 Å². The van der Waals surface area contributed by atoms with Crippen molar-refractivity contribution < 1.29 is 19.5 Å². The van der Waals surface area contributed by atoms with Crippen molar-refractivity contribution in [2.75, 3.05) is 11.9 Å². The Morgan fingerprint density at radius 3 is 2.51 bits per heavy atom. The van der Waals surface area contributed by atoms with E-state index in [0.717, 1.165) is 5.39 Å². The molecule has 37 heavy (non-hydrogen) atoms. The maximum absolute atomic E-state index is 13.7. The van der Waals surface area contributed by atoms with E-state index in [1.165, 1.54) is 27.9 Å². The van der Waals surface area contributed by atoms with Crippen LogP contribution in [0.4, 0.5) is 5.95 Å². The number of rotatable bonds is 7. The van der Waals surface area contributed by atoms with Crippen molar-refractivity contribution in [2.24, 2.45) is 0 Å². The molecule has 11 heteroatoms. The normalized spacial score (nSPS) is 11.1. The Hall–Kier alpha value is -4.28. The first-order chi connectivity index (χ1) is 17.8. The second-order valence-electron chi connectivity index (χ2n) is 8.26. The quantitative estimate of drug-likeness (QED) is 0.300. The topological polar surface area (TPSA) is 110 Å². The molecule has 9 nitrogen and oxygen atoms in total. The summed E-state index contributed by atoms with van der Waals surface area (Å²) in [6.07, 6.45) is 0. The molecule has 3 aromatic heterocycles. The summed E-state index contributed by atoms with van der Waals surface area (Å²) < 4.78 is 3.10. The molecule has 1 N–H and O–H groups in total. The van der Waals surface area contributed by atoms with Gasteiger partial charge in [-0.25, -0.2) is 0 Å². The van der Waals surface area contributed by atoms with Gasteiger partial charge in [-0.05, 0) is 42.6 Å². The maximum atomic E-state index is 13.7. The van der Waals surface area contributed by atoms with Gasteiger partial charge in [0.15, 0.2) is 5.78 Å². The third kappa shape index (κ3) is 4.30. The molecule has 0 saturated carbocycles. The molecular weight excluding hydrogens is 514 g/mol. The van der Waals surface area contributed by atoms with E-state index in [2.05, 4.69) is 10.2 Å². The van der Waals surface area contributed by atoms with E-state index in [-0.39, 0.29) is 24.0 Å². The highest BCUT2D eigenvalue weighted by atomic mass is 35.5. The van der Waals surface area contributed by atoms with Crippen molar-refractivity contribution in [3.63, 3.8) is 0 Å². The summed E-state index contributed by atoms with van der Waals surface area (Å²) in [5.74, 6) is -1.15. The number of carboxylic acid groups (broad SMARTS) is 1. The number of anilines is 1. The number of carboxylic acids is 1. The number of fused-ring (bicyclic) bond motifs is 1. The molecule has 0 aliphatic carbocycles. The highest BCUT2D eigenvalue weighted by Gasteiger charge is 2.28. The number of benzene rings is 2. The van der Waals surface area contributed by atoms with Gasteiger partial charge < -0.3 is 9.67 Å². The largest absolute Gasteiger partial charge is 0.480 e. The van der Waals surface area contributed by atoms with Crippen molar-refractivity contribution in [3.05, 3.63) is 93.7 Å². The average Bonchev–Trinajstić information content (AvgIpc) is 3.60. The number of carbonyl (C=O) groups excluding carboxylic acids is 2. The number of amides is 1. The summed E-state index contributed by atoms with van der Waals surface area (Å²) in [6, 6.07) is 17.3. The van der Waals surface area contributed by atoms with E-state index in [1.54, 1.807) is 65.4 Å². The molecule has 0 bridgehead atoms. The summed E-state index contributed by atoms with van der Waals surface area (Å²) in [5.41, 5.74) is 1.57. The zero-order valence-corrected chi connectivity index (χ0v) is 21.3. The molecule has 0 aliphatic heterocycles. The highest BCUT2D eigenvalue weighted by Crippen LogP contribution is 2.31. The lowest BCUT2D eigenvalue weighted by Gasteiger charge is -2.19. The fourth-order valence-electron chi connectivity index (χ4n) is 4.20. The Bertz CT molecular complexity index is 1690. The molecule has 0 spiro atoms. The third-order valence-corrected chi connectivity index (χ3v) is 7.17. The fraction of sp³-hybridized carbons (Fsp3) is 0.115. The van der Waals surface area contributed by atoms with Gasteiger partial charge in [-0.1, -0.05) is 41.9 Å². The average molecular weight is 534 g/mol. The monoisotopic (exact) mass is 533 g/mol. The minimum atomic E-state index is -1.07. The molecule has 0 radical (unpaired) electrons. The van der Waals surface area contributed by atoms with Crippen LogP contribution in [0.15, 0.2) is 66.0 Å². The van der Waals surface area contributed by atoms with Crippen molar-refractivity contribution in [2.45, 2.75) is 13.5 Å². The first-order valence-electron chi connectivity index (χ1n) is 11.1. The van der Waals surface area contributed by atoms with Gasteiger partial charge in [0.2, 0.25) is 5.95 Å². The third-order valence-electron chi connectivity index (χ3n) is 5.95. The van der Waals surface area contributed by atoms with Gasteiger partial charge in [0.1, 0.15) is 23.1 Å². The molecule has 186 valence electrons. The van der Waals surface area contributed by atoms with Crippen LogP contribution >= 0.6 is 22.9 Å². The van der Waals surface area contributed by atoms with Crippen LogP contribution in [-0.2, 0) is 11.3 Å². The van der Waals surface area contributed by atoms with Gasteiger partial charge in [-0.2, -0.15) is 0 Å². The molecule has 1 amide bonds. The Labute approximate surface area is 220 Å². The highest BCUT2D eigenvalue weighted by molar-refractivity contribution is 7.13. The first-order valence-corrected chi connectivity index (χ1v) is 12.4. The lowest BCUT2D eigenvalue weighted by molar-refractivity contribution is -0.137. The molecular formula is C26H20ClN5O4S. The van der Waals surface area contributed by atoms with Gasteiger partial charge in [-0.15, -0.1) is 21.5 Å². The molecule has 0 aliphatic rings. The van der Waals surface area contributed by atoms with E-state index in [1.807, 2.05) is 12.1 Å². The number of aromatic nitrogens is 4. The van der Waals surface area contributed by atoms with Crippen molar-refractivity contribution >= 4 is 57.4 Å². The molecule has 5 aromatic rings. The van der Waals surface area contributed by atoms with Gasteiger partial charge in [0, 0.05) is 23.5 Å². The molecule has 2 aromatic carbocycles. The summed E-state index contributed by atoms with van der Waals surface area (Å²) in [4.78, 5) is 39.9. The number of hydrogen-bond donors (Lipinski definition) is 1. The second kappa shape index (κ2) is 9.64. The minimum absolute atomic E-state index is 0.185.